The monoisotopic (exact) mass is 276 g/mol. The van der Waals surface area contributed by atoms with Crippen molar-refractivity contribution >= 4 is 22.5 Å². The van der Waals surface area contributed by atoms with Crippen molar-refractivity contribution < 1.29 is 0 Å². The van der Waals surface area contributed by atoms with E-state index in [1.54, 1.807) is 0 Å². The lowest BCUT2D eigenvalue weighted by Gasteiger charge is -2.26. The third kappa shape index (κ3) is 2.90. The van der Waals surface area contributed by atoms with Gasteiger partial charge in [0.05, 0.1) is 5.52 Å². The molecule has 2 aromatic rings. The van der Waals surface area contributed by atoms with Crippen LogP contribution in [0.4, 0.5) is 0 Å². The standard InChI is InChI=1S/C16H21ClN2/c1-15(2,3)14-9-12(16(4,5)18)11-8-10(17)6-7-13(11)19-14/h6-9H,18H2,1-5H3. The van der Waals surface area contributed by atoms with E-state index in [2.05, 4.69) is 26.8 Å². The molecule has 0 radical (unpaired) electrons. The number of rotatable bonds is 1. The molecule has 1 heterocycles. The van der Waals surface area contributed by atoms with Gasteiger partial charge in [-0.2, -0.15) is 0 Å². The topological polar surface area (TPSA) is 38.9 Å². The summed E-state index contributed by atoms with van der Waals surface area (Å²) in [7, 11) is 0. The van der Waals surface area contributed by atoms with Crippen LogP contribution in [0.3, 0.4) is 0 Å². The first-order chi connectivity index (χ1) is 8.59. The Morgan fingerprint density at radius 1 is 1.05 bits per heavy atom. The summed E-state index contributed by atoms with van der Waals surface area (Å²) in [4.78, 5) is 4.75. The van der Waals surface area contributed by atoms with Crippen molar-refractivity contribution in [1.29, 1.82) is 0 Å². The smallest absolute Gasteiger partial charge is 0.0710 e. The van der Waals surface area contributed by atoms with Gasteiger partial charge < -0.3 is 5.73 Å². The summed E-state index contributed by atoms with van der Waals surface area (Å²) in [6.45, 7) is 10.5. The number of aromatic nitrogens is 1. The molecule has 0 amide bonds. The second-order valence-electron chi connectivity index (χ2n) is 6.69. The van der Waals surface area contributed by atoms with Crippen LogP contribution < -0.4 is 5.73 Å². The van der Waals surface area contributed by atoms with Gasteiger partial charge in [-0.1, -0.05) is 32.4 Å². The van der Waals surface area contributed by atoms with E-state index in [9.17, 15) is 0 Å². The van der Waals surface area contributed by atoms with E-state index in [4.69, 9.17) is 22.3 Å². The quantitative estimate of drug-likeness (QED) is 0.839. The average molecular weight is 277 g/mol. The number of halogens is 1. The molecule has 0 spiro atoms. The predicted molar refractivity (Wildman–Crippen MR) is 82.7 cm³/mol. The van der Waals surface area contributed by atoms with Crippen molar-refractivity contribution in [3.8, 4) is 0 Å². The molecule has 2 rings (SSSR count). The van der Waals surface area contributed by atoms with Gasteiger partial charge in [0.15, 0.2) is 0 Å². The van der Waals surface area contributed by atoms with Gasteiger partial charge in [0.25, 0.3) is 0 Å². The van der Waals surface area contributed by atoms with Crippen LogP contribution in [0.2, 0.25) is 5.02 Å². The van der Waals surface area contributed by atoms with E-state index in [0.717, 1.165) is 22.2 Å². The Hall–Kier alpha value is -1.12. The fraction of sp³-hybridized carbons (Fsp3) is 0.438. The van der Waals surface area contributed by atoms with Crippen LogP contribution in [-0.2, 0) is 11.0 Å². The van der Waals surface area contributed by atoms with Gasteiger partial charge in [0, 0.05) is 27.1 Å². The normalized spacial score (nSPS) is 13.0. The van der Waals surface area contributed by atoms with Gasteiger partial charge in [-0.15, -0.1) is 0 Å². The minimum Gasteiger partial charge on any atom is -0.322 e. The first-order valence-corrected chi connectivity index (χ1v) is 6.87. The van der Waals surface area contributed by atoms with Crippen molar-refractivity contribution in [2.75, 3.05) is 0 Å². The molecule has 102 valence electrons. The molecule has 0 unspecified atom stereocenters. The van der Waals surface area contributed by atoms with Gasteiger partial charge in [-0.3, -0.25) is 4.98 Å². The number of hydrogen-bond acceptors (Lipinski definition) is 2. The first-order valence-electron chi connectivity index (χ1n) is 6.49. The van der Waals surface area contributed by atoms with Gasteiger partial charge >= 0.3 is 0 Å². The average Bonchev–Trinajstić information content (AvgIpc) is 2.24. The van der Waals surface area contributed by atoms with Crippen molar-refractivity contribution in [3.05, 3.63) is 40.5 Å². The molecule has 0 bridgehead atoms. The number of nitrogens with zero attached hydrogens (tertiary/aromatic N) is 1. The van der Waals surface area contributed by atoms with Gasteiger partial charge in [-0.05, 0) is 43.7 Å². The molecular weight excluding hydrogens is 256 g/mol. The SMILES string of the molecule is CC(C)(C)c1cc(C(C)(C)N)c2cc(Cl)ccc2n1. The second kappa shape index (κ2) is 4.46. The minimum absolute atomic E-state index is 0.00612. The molecule has 0 fully saturated rings. The molecule has 0 aliphatic rings. The molecule has 2 N–H and O–H groups in total. The molecule has 0 atom stereocenters. The number of benzene rings is 1. The zero-order chi connectivity index (χ0) is 14.4. The van der Waals surface area contributed by atoms with E-state index in [1.165, 1.54) is 0 Å². The Morgan fingerprint density at radius 3 is 2.21 bits per heavy atom. The number of pyridine rings is 1. The summed E-state index contributed by atoms with van der Waals surface area (Å²) in [5, 5.41) is 1.75. The molecule has 0 aliphatic heterocycles. The number of nitrogens with two attached hydrogens (primary N) is 1. The van der Waals surface area contributed by atoms with Crippen molar-refractivity contribution in [2.24, 2.45) is 5.73 Å². The molecule has 2 nitrogen and oxygen atoms in total. The zero-order valence-electron chi connectivity index (χ0n) is 12.2. The molecule has 0 saturated heterocycles. The minimum atomic E-state index is -0.425. The second-order valence-corrected chi connectivity index (χ2v) is 7.12. The molecule has 3 heteroatoms. The van der Waals surface area contributed by atoms with Crippen molar-refractivity contribution in [2.45, 2.75) is 45.6 Å². The fourth-order valence-electron chi connectivity index (χ4n) is 2.12. The van der Waals surface area contributed by atoms with Crippen LogP contribution >= 0.6 is 11.6 Å². The summed E-state index contributed by atoms with van der Waals surface area (Å²) in [5.74, 6) is 0. The van der Waals surface area contributed by atoms with Gasteiger partial charge in [-0.25, -0.2) is 0 Å². The maximum Gasteiger partial charge on any atom is 0.0710 e. The largest absolute Gasteiger partial charge is 0.322 e. The van der Waals surface area contributed by atoms with E-state index < -0.39 is 5.54 Å². The highest BCUT2D eigenvalue weighted by molar-refractivity contribution is 6.31. The Balaban J connectivity index is 2.85. The third-order valence-electron chi connectivity index (χ3n) is 3.23. The third-order valence-corrected chi connectivity index (χ3v) is 3.47. The molecule has 1 aromatic heterocycles. The van der Waals surface area contributed by atoms with E-state index in [-0.39, 0.29) is 5.41 Å². The Labute approximate surface area is 120 Å². The number of fused-ring (bicyclic) bond motifs is 1. The van der Waals surface area contributed by atoms with Crippen LogP contribution in [0.5, 0.6) is 0 Å². The van der Waals surface area contributed by atoms with E-state index >= 15 is 0 Å². The highest BCUT2D eigenvalue weighted by Gasteiger charge is 2.23. The summed E-state index contributed by atoms with van der Waals surface area (Å²) < 4.78 is 0. The summed E-state index contributed by atoms with van der Waals surface area (Å²) in [5.41, 5.74) is 8.97. The van der Waals surface area contributed by atoms with E-state index in [1.807, 2.05) is 32.0 Å². The van der Waals surface area contributed by atoms with Crippen molar-refractivity contribution in [1.82, 2.24) is 4.98 Å². The molecule has 19 heavy (non-hydrogen) atoms. The molecule has 0 saturated carbocycles. The van der Waals surface area contributed by atoms with Gasteiger partial charge in [0.1, 0.15) is 0 Å². The highest BCUT2D eigenvalue weighted by atomic mass is 35.5. The zero-order valence-corrected chi connectivity index (χ0v) is 13.0. The summed E-state index contributed by atoms with van der Waals surface area (Å²) in [6, 6.07) is 7.89. The molecular formula is C16H21ClN2. The van der Waals surface area contributed by atoms with Crippen LogP contribution in [0.15, 0.2) is 24.3 Å². The van der Waals surface area contributed by atoms with E-state index in [0.29, 0.717) is 5.02 Å². The first kappa shape index (κ1) is 14.3. The Kier molecular flexibility index (Phi) is 3.36. The Morgan fingerprint density at radius 2 is 1.68 bits per heavy atom. The fourth-order valence-corrected chi connectivity index (χ4v) is 2.29. The highest BCUT2D eigenvalue weighted by Crippen LogP contribution is 2.32. The van der Waals surface area contributed by atoms with Crippen LogP contribution in [0.25, 0.3) is 10.9 Å². The Bertz CT molecular complexity index is 619. The molecule has 0 aliphatic carbocycles. The van der Waals surface area contributed by atoms with Crippen LogP contribution in [0.1, 0.15) is 45.9 Å². The van der Waals surface area contributed by atoms with Crippen molar-refractivity contribution in [3.63, 3.8) is 0 Å². The van der Waals surface area contributed by atoms with Gasteiger partial charge in [0.2, 0.25) is 0 Å². The summed E-state index contributed by atoms with van der Waals surface area (Å²) in [6.07, 6.45) is 0. The van der Waals surface area contributed by atoms with Crippen LogP contribution in [0, 0.1) is 0 Å². The lowest BCUT2D eigenvalue weighted by atomic mass is 9.85. The molecule has 1 aromatic carbocycles. The lowest BCUT2D eigenvalue weighted by molar-refractivity contribution is 0.542. The lowest BCUT2D eigenvalue weighted by Crippen LogP contribution is -2.30. The summed E-state index contributed by atoms with van der Waals surface area (Å²) >= 11 is 6.10. The maximum absolute atomic E-state index is 6.31. The maximum atomic E-state index is 6.31. The van der Waals surface area contributed by atoms with Crippen LogP contribution in [-0.4, -0.2) is 4.98 Å². The number of hydrogen-bond donors (Lipinski definition) is 1. The predicted octanol–water partition coefficient (Wildman–Crippen LogP) is 4.38.